The predicted molar refractivity (Wildman–Crippen MR) is 110 cm³/mol. The van der Waals surface area contributed by atoms with E-state index in [0.717, 1.165) is 11.1 Å². The number of amides is 1. The molecule has 1 amide bonds. The number of nitrogens with zero attached hydrogens (tertiary/aromatic N) is 2. The highest BCUT2D eigenvalue weighted by Crippen LogP contribution is 2.38. The van der Waals surface area contributed by atoms with Crippen LogP contribution in [0.3, 0.4) is 0 Å². The number of likely N-dealkylation sites (N-methyl/N-ethyl adjacent to an activating group) is 1. The normalized spacial score (nSPS) is 15.8. The molecule has 28 heavy (non-hydrogen) atoms. The number of carbonyl (C=O) groups excluding carboxylic acids is 1. The molecule has 1 fully saturated rings. The fourth-order valence-corrected chi connectivity index (χ4v) is 4.01. The minimum absolute atomic E-state index is 0.0587. The van der Waals surface area contributed by atoms with E-state index in [1.165, 1.54) is 36.4 Å². The first-order valence-corrected chi connectivity index (χ1v) is 10.9. The number of nitrogens with two attached hydrogens (primary N) is 1. The first-order chi connectivity index (χ1) is 13.1. The molecule has 1 heterocycles. The Balaban J connectivity index is 1.72. The molecule has 0 unspecified atom stereocenters. The van der Waals surface area contributed by atoms with Crippen molar-refractivity contribution in [2.75, 3.05) is 7.05 Å². The van der Waals surface area contributed by atoms with Crippen molar-refractivity contribution in [2.45, 2.75) is 50.6 Å². The van der Waals surface area contributed by atoms with Crippen LogP contribution in [-0.2, 0) is 14.8 Å². The molecule has 1 atom stereocenters. The van der Waals surface area contributed by atoms with E-state index in [9.17, 15) is 13.2 Å². The van der Waals surface area contributed by atoms with Gasteiger partial charge >= 0.3 is 0 Å². The summed E-state index contributed by atoms with van der Waals surface area (Å²) in [4.78, 5) is 14.3. The zero-order chi connectivity index (χ0) is 20.6. The number of hydrogen-bond donors (Lipinski definition) is 1. The number of aromatic nitrogens is 1. The third kappa shape index (κ3) is 4.20. The molecule has 1 aromatic heterocycles. The maximum Gasteiger partial charge on any atom is 0.246 e. The summed E-state index contributed by atoms with van der Waals surface area (Å²) in [7, 11) is -1.99. The van der Waals surface area contributed by atoms with Crippen molar-refractivity contribution in [2.24, 2.45) is 5.14 Å². The third-order valence-electron chi connectivity index (χ3n) is 5.46. The number of aryl methyl sites for hydroxylation is 1. The van der Waals surface area contributed by atoms with Gasteiger partial charge in [-0.15, -0.1) is 0 Å². The Kier molecular flexibility index (Phi) is 5.50. The van der Waals surface area contributed by atoms with E-state index in [0.29, 0.717) is 6.04 Å². The molecule has 1 aromatic carbocycles. The Morgan fingerprint density at radius 1 is 1.25 bits per heavy atom. The molecule has 1 saturated carbocycles. The van der Waals surface area contributed by atoms with Crippen molar-refractivity contribution in [3.63, 3.8) is 0 Å². The molecule has 0 spiro atoms. The average molecular weight is 402 g/mol. The Bertz CT molecular complexity index is 1020. The van der Waals surface area contributed by atoms with Gasteiger partial charge in [0.05, 0.1) is 10.9 Å². The van der Waals surface area contributed by atoms with Crippen LogP contribution in [0.15, 0.2) is 41.3 Å². The van der Waals surface area contributed by atoms with E-state index < -0.39 is 10.0 Å². The Morgan fingerprint density at radius 3 is 2.39 bits per heavy atom. The van der Waals surface area contributed by atoms with Crippen LogP contribution in [0.5, 0.6) is 0 Å². The molecule has 2 N–H and O–H groups in total. The molecule has 1 aliphatic carbocycles. The molecular formula is C21H27N3O3S. The van der Waals surface area contributed by atoms with Crippen molar-refractivity contribution >= 4 is 22.0 Å². The number of carbonyl (C=O) groups is 1. The van der Waals surface area contributed by atoms with Gasteiger partial charge in [-0.2, -0.15) is 0 Å². The smallest absolute Gasteiger partial charge is 0.246 e. The number of rotatable bonds is 6. The molecule has 150 valence electrons. The van der Waals surface area contributed by atoms with Crippen LogP contribution in [-0.4, -0.2) is 30.8 Å². The highest BCUT2D eigenvalue weighted by molar-refractivity contribution is 7.89. The Morgan fingerprint density at radius 2 is 1.86 bits per heavy atom. The van der Waals surface area contributed by atoms with E-state index in [1.807, 2.05) is 13.0 Å². The van der Waals surface area contributed by atoms with Gasteiger partial charge < -0.3 is 9.47 Å². The van der Waals surface area contributed by atoms with Gasteiger partial charge in [0.2, 0.25) is 15.9 Å². The first kappa shape index (κ1) is 20.4. The minimum Gasteiger partial charge on any atom is -0.346 e. The molecule has 0 radical (unpaired) electrons. The van der Waals surface area contributed by atoms with Gasteiger partial charge in [0.15, 0.2) is 0 Å². The monoisotopic (exact) mass is 401 g/mol. The van der Waals surface area contributed by atoms with Crippen LogP contribution in [0.4, 0.5) is 0 Å². The Labute approximate surface area is 166 Å². The van der Waals surface area contributed by atoms with Crippen LogP contribution < -0.4 is 5.14 Å². The summed E-state index contributed by atoms with van der Waals surface area (Å²) in [5, 5.41) is 5.13. The lowest BCUT2D eigenvalue weighted by molar-refractivity contribution is -0.126. The van der Waals surface area contributed by atoms with Gasteiger partial charge in [0, 0.05) is 30.6 Å². The zero-order valence-corrected chi connectivity index (χ0v) is 17.5. The molecule has 0 bridgehead atoms. The summed E-state index contributed by atoms with van der Waals surface area (Å²) in [5.41, 5.74) is 4.32. The van der Waals surface area contributed by atoms with Gasteiger partial charge in [-0.3, -0.25) is 4.79 Å². The highest BCUT2D eigenvalue weighted by Gasteiger charge is 2.26. The van der Waals surface area contributed by atoms with E-state index in [1.54, 1.807) is 30.2 Å². The van der Waals surface area contributed by atoms with E-state index in [2.05, 4.69) is 24.5 Å². The molecular weight excluding hydrogens is 374 g/mol. The summed E-state index contributed by atoms with van der Waals surface area (Å²) in [6, 6.07) is 8.81. The Hall–Kier alpha value is -2.38. The van der Waals surface area contributed by atoms with Gasteiger partial charge in [-0.05, 0) is 69.0 Å². The van der Waals surface area contributed by atoms with E-state index >= 15 is 0 Å². The number of sulfonamides is 1. The third-order valence-corrected chi connectivity index (χ3v) is 6.39. The average Bonchev–Trinajstić information content (AvgIpc) is 3.43. The first-order valence-electron chi connectivity index (χ1n) is 9.35. The lowest BCUT2D eigenvalue weighted by atomic mass is 10.1. The van der Waals surface area contributed by atoms with Crippen molar-refractivity contribution in [1.82, 2.24) is 9.47 Å². The van der Waals surface area contributed by atoms with Crippen LogP contribution >= 0.6 is 0 Å². The topological polar surface area (TPSA) is 85.4 Å². The van der Waals surface area contributed by atoms with Crippen LogP contribution in [0.2, 0.25) is 0 Å². The number of benzene rings is 1. The predicted octanol–water partition coefficient (Wildman–Crippen LogP) is 3.32. The van der Waals surface area contributed by atoms with E-state index in [-0.39, 0.29) is 16.8 Å². The summed E-state index contributed by atoms with van der Waals surface area (Å²) in [5.74, 6) is -0.112. The number of primary sulfonamides is 1. The van der Waals surface area contributed by atoms with E-state index in [4.69, 9.17) is 5.14 Å². The van der Waals surface area contributed by atoms with Crippen molar-refractivity contribution in [3.05, 3.63) is 58.9 Å². The molecule has 1 aliphatic rings. The van der Waals surface area contributed by atoms with Crippen LogP contribution in [0.1, 0.15) is 54.4 Å². The highest BCUT2D eigenvalue weighted by atomic mass is 32.2. The maximum absolute atomic E-state index is 12.6. The molecule has 0 aliphatic heterocycles. The standard InChI is InChI=1S/C21H27N3O3S/c1-14-13-18(16(3)24(14)19-8-9-19)7-12-21(25)23(4)15(2)17-5-10-20(11-6-17)28(22,26)27/h5-7,10-13,15,19H,8-9H2,1-4H3,(H2,22,26,27)/b12-7+/t15-/m1/s1. The fraction of sp³-hybridized carbons (Fsp3) is 0.381. The van der Waals surface area contributed by atoms with Gasteiger partial charge in [-0.1, -0.05) is 12.1 Å². The maximum atomic E-state index is 12.6. The molecule has 0 saturated heterocycles. The molecule has 7 heteroatoms. The van der Waals surface area contributed by atoms with Crippen molar-refractivity contribution in [3.8, 4) is 0 Å². The summed E-state index contributed by atoms with van der Waals surface area (Å²) < 4.78 is 25.1. The second kappa shape index (κ2) is 7.56. The van der Waals surface area contributed by atoms with Crippen LogP contribution in [0.25, 0.3) is 6.08 Å². The minimum atomic E-state index is -3.72. The quantitative estimate of drug-likeness (QED) is 0.754. The second-order valence-electron chi connectivity index (χ2n) is 7.50. The van der Waals surface area contributed by atoms with Gasteiger partial charge in [0.1, 0.15) is 0 Å². The largest absolute Gasteiger partial charge is 0.346 e. The van der Waals surface area contributed by atoms with Gasteiger partial charge in [0.25, 0.3) is 0 Å². The van der Waals surface area contributed by atoms with Crippen molar-refractivity contribution < 1.29 is 13.2 Å². The van der Waals surface area contributed by atoms with Crippen molar-refractivity contribution in [1.29, 1.82) is 0 Å². The van der Waals surface area contributed by atoms with Crippen LogP contribution in [0, 0.1) is 13.8 Å². The lowest BCUT2D eigenvalue weighted by Crippen LogP contribution is -2.28. The summed E-state index contributed by atoms with van der Waals surface area (Å²) >= 11 is 0. The second-order valence-corrected chi connectivity index (χ2v) is 9.06. The molecule has 3 rings (SSSR count). The molecule has 2 aromatic rings. The lowest BCUT2D eigenvalue weighted by Gasteiger charge is -2.24. The fourth-order valence-electron chi connectivity index (χ4n) is 3.50. The summed E-state index contributed by atoms with van der Waals surface area (Å²) in [6.07, 6.45) is 5.91. The SMILES string of the molecule is Cc1cc(/C=C/C(=O)N(C)[C@H](C)c2ccc(S(N)(=O)=O)cc2)c(C)n1C1CC1. The molecule has 6 nitrogen and oxygen atoms in total. The zero-order valence-electron chi connectivity index (χ0n) is 16.7. The van der Waals surface area contributed by atoms with Gasteiger partial charge in [-0.25, -0.2) is 13.6 Å². The summed E-state index contributed by atoms with van der Waals surface area (Å²) in [6.45, 7) is 6.09. The number of hydrogen-bond acceptors (Lipinski definition) is 3.